The highest BCUT2D eigenvalue weighted by Gasteiger charge is 2.07. The zero-order chi connectivity index (χ0) is 13.5. The molecule has 0 saturated heterocycles. The highest BCUT2D eigenvalue weighted by Crippen LogP contribution is 2.10. The molecule has 0 atom stereocenters. The van der Waals surface area contributed by atoms with E-state index in [1.165, 1.54) is 4.88 Å². The van der Waals surface area contributed by atoms with Crippen molar-refractivity contribution in [1.82, 2.24) is 4.90 Å². The minimum Gasteiger partial charge on any atom is -0.306 e. The Hall–Kier alpha value is -1.45. The number of carbonyl (C=O) groups is 1. The van der Waals surface area contributed by atoms with Crippen molar-refractivity contribution in [2.45, 2.75) is 12.8 Å². The molecule has 0 aliphatic heterocycles. The molecule has 1 aromatic carbocycles. The lowest BCUT2D eigenvalue weighted by Gasteiger charge is -2.15. The third-order valence-electron chi connectivity index (χ3n) is 3.14. The van der Waals surface area contributed by atoms with Crippen molar-refractivity contribution in [1.29, 1.82) is 0 Å². The van der Waals surface area contributed by atoms with Crippen LogP contribution in [0.5, 0.6) is 0 Å². The van der Waals surface area contributed by atoms with Gasteiger partial charge in [-0.1, -0.05) is 36.4 Å². The molecule has 0 aliphatic rings. The molecule has 1 heterocycles. The molecule has 19 heavy (non-hydrogen) atoms. The molecule has 2 rings (SSSR count). The lowest BCUT2D eigenvalue weighted by atomic mass is 10.1. The molecule has 0 fully saturated rings. The predicted molar refractivity (Wildman–Crippen MR) is 80.9 cm³/mol. The van der Waals surface area contributed by atoms with Crippen LogP contribution in [0.2, 0.25) is 0 Å². The largest absolute Gasteiger partial charge is 0.306 e. The maximum absolute atomic E-state index is 12.0. The van der Waals surface area contributed by atoms with E-state index in [9.17, 15) is 4.79 Å². The first-order valence-corrected chi connectivity index (χ1v) is 7.43. The van der Waals surface area contributed by atoms with Crippen molar-refractivity contribution >= 4 is 17.1 Å². The van der Waals surface area contributed by atoms with Crippen molar-refractivity contribution in [3.8, 4) is 0 Å². The van der Waals surface area contributed by atoms with Gasteiger partial charge in [0.25, 0.3) is 0 Å². The van der Waals surface area contributed by atoms with E-state index in [1.807, 2.05) is 30.3 Å². The lowest BCUT2D eigenvalue weighted by molar-refractivity contribution is 0.0969. The number of rotatable bonds is 7. The van der Waals surface area contributed by atoms with Gasteiger partial charge in [-0.3, -0.25) is 4.79 Å². The Morgan fingerprint density at radius 3 is 2.58 bits per heavy atom. The van der Waals surface area contributed by atoms with Gasteiger partial charge in [-0.15, -0.1) is 11.3 Å². The highest BCUT2D eigenvalue weighted by atomic mass is 32.1. The summed E-state index contributed by atoms with van der Waals surface area (Å²) in [6, 6.07) is 13.8. The molecule has 100 valence electrons. The Labute approximate surface area is 118 Å². The summed E-state index contributed by atoms with van der Waals surface area (Å²) in [6.45, 7) is 1.82. The standard InChI is InChI=1S/C16H19NOS/c1-17(11-9-15-8-5-13-19-15)12-10-16(18)14-6-3-2-4-7-14/h2-8,13H,9-12H2,1H3. The summed E-state index contributed by atoms with van der Waals surface area (Å²) in [4.78, 5) is 15.6. The normalized spacial score (nSPS) is 10.8. The zero-order valence-electron chi connectivity index (χ0n) is 11.2. The van der Waals surface area contributed by atoms with Crippen LogP contribution in [-0.2, 0) is 6.42 Å². The minimum atomic E-state index is 0.226. The van der Waals surface area contributed by atoms with Gasteiger partial charge in [0, 0.05) is 30.0 Å². The van der Waals surface area contributed by atoms with Crippen LogP contribution >= 0.6 is 11.3 Å². The van der Waals surface area contributed by atoms with Crippen molar-refractivity contribution in [2.75, 3.05) is 20.1 Å². The van der Waals surface area contributed by atoms with Crippen LogP contribution in [0, 0.1) is 0 Å². The molecule has 3 heteroatoms. The van der Waals surface area contributed by atoms with Gasteiger partial charge in [-0.05, 0) is 24.9 Å². The number of carbonyl (C=O) groups excluding carboxylic acids is 1. The van der Waals surface area contributed by atoms with E-state index in [1.54, 1.807) is 11.3 Å². The van der Waals surface area contributed by atoms with Crippen LogP contribution in [0.4, 0.5) is 0 Å². The monoisotopic (exact) mass is 273 g/mol. The van der Waals surface area contributed by atoms with Crippen LogP contribution in [0.15, 0.2) is 47.8 Å². The summed E-state index contributed by atoms with van der Waals surface area (Å²) in [5.74, 6) is 0.226. The number of likely N-dealkylation sites (N-methyl/N-ethyl adjacent to an activating group) is 1. The highest BCUT2D eigenvalue weighted by molar-refractivity contribution is 7.09. The molecule has 0 spiro atoms. The second-order valence-electron chi connectivity index (χ2n) is 4.67. The van der Waals surface area contributed by atoms with Crippen molar-refractivity contribution in [3.05, 3.63) is 58.3 Å². The van der Waals surface area contributed by atoms with Crippen molar-refractivity contribution < 1.29 is 4.79 Å². The molecular formula is C16H19NOS. The van der Waals surface area contributed by atoms with Gasteiger partial charge in [-0.25, -0.2) is 0 Å². The fraction of sp³-hybridized carbons (Fsp3) is 0.312. The molecule has 0 amide bonds. The summed E-state index contributed by atoms with van der Waals surface area (Å²) >= 11 is 1.79. The Bertz CT molecular complexity index is 493. The summed E-state index contributed by atoms with van der Waals surface area (Å²) in [7, 11) is 2.08. The number of hydrogen-bond acceptors (Lipinski definition) is 3. The molecule has 0 unspecified atom stereocenters. The Kier molecular flexibility index (Phi) is 5.31. The van der Waals surface area contributed by atoms with E-state index in [-0.39, 0.29) is 5.78 Å². The maximum atomic E-state index is 12.0. The van der Waals surface area contributed by atoms with Crippen LogP contribution in [0.1, 0.15) is 21.7 Å². The van der Waals surface area contributed by atoms with Crippen LogP contribution < -0.4 is 0 Å². The van der Waals surface area contributed by atoms with Crippen molar-refractivity contribution in [3.63, 3.8) is 0 Å². The van der Waals surface area contributed by atoms with E-state index in [0.717, 1.165) is 25.1 Å². The average Bonchev–Trinajstić information content (AvgIpc) is 2.96. The number of nitrogens with zero attached hydrogens (tertiary/aromatic N) is 1. The second kappa shape index (κ2) is 7.22. The van der Waals surface area contributed by atoms with Gasteiger partial charge >= 0.3 is 0 Å². The molecule has 0 bridgehead atoms. The van der Waals surface area contributed by atoms with E-state index in [2.05, 4.69) is 29.5 Å². The van der Waals surface area contributed by atoms with E-state index < -0.39 is 0 Å². The summed E-state index contributed by atoms with van der Waals surface area (Å²) < 4.78 is 0. The van der Waals surface area contributed by atoms with Gasteiger partial charge in [-0.2, -0.15) is 0 Å². The van der Waals surface area contributed by atoms with Crippen LogP contribution in [0.25, 0.3) is 0 Å². The SMILES string of the molecule is CN(CCC(=O)c1ccccc1)CCc1cccs1. The Balaban J connectivity index is 1.71. The Morgan fingerprint density at radius 1 is 1.11 bits per heavy atom. The molecule has 1 aromatic heterocycles. The summed E-state index contributed by atoms with van der Waals surface area (Å²) in [6.07, 6.45) is 1.65. The number of ketones is 1. The number of thiophene rings is 1. The second-order valence-corrected chi connectivity index (χ2v) is 5.70. The topological polar surface area (TPSA) is 20.3 Å². The molecule has 2 aromatic rings. The number of benzene rings is 1. The maximum Gasteiger partial charge on any atom is 0.164 e. The summed E-state index contributed by atoms with van der Waals surface area (Å²) in [5.41, 5.74) is 0.814. The Morgan fingerprint density at radius 2 is 1.89 bits per heavy atom. The molecule has 0 saturated carbocycles. The lowest BCUT2D eigenvalue weighted by Crippen LogP contribution is -2.24. The third-order valence-corrected chi connectivity index (χ3v) is 4.07. The van der Waals surface area contributed by atoms with Crippen LogP contribution in [0.3, 0.4) is 0 Å². The van der Waals surface area contributed by atoms with E-state index >= 15 is 0 Å². The van der Waals surface area contributed by atoms with Gasteiger partial charge in [0.05, 0.1) is 0 Å². The number of hydrogen-bond donors (Lipinski definition) is 0. The smallest absolute Gasteiger partial charge is 0.164 e. The molecule has 2 nitrogen and oxygen atoms in total. The summed E-state index contributed by atoms with van der Waals surface area (Å²) in [5, 5.41) is 2.11. The first-order chi connectivity index (χ1) is 9.25. The van der Waals surface area contributed by atoms with Gasteiger partial charge in [0.15, 0.2) is 5.78 Å². The van der Waals surface area contributed by atoms with Gasteiger partial charge in [0.1, 0.15) is 0 Å². The van der Waals surface area contributed by atoms with Gasteiger partial charge in [0.2, 0.25) is 0 Å². The van der Waals surface area contributed by atoms with Crippen molar-refractivity contribution in [2.24, 2.45) is 0 Å². The molecular weight excluding hydrogens is 254 g/mol. The zero-order valence-corrected chi connectivity index (χ0v) is 12.0. The first-order valence-electron chi connectivity index (χ1n) is 6.55. The average molecular weight is 273 g/mol. The third kappa shape index (κ3) is 4.62. The quantitative estimate of drug-likeness (QED) is 0.720. The minimum absolute atomic E-state index is 0.226. The molecule has 0 radical (unpaired) electrons. The fourth-order valence-electron chi connectivity index (χ4n) is 1.93. The number of Topliss-reactive ketones (excluding diaryl/α,β-unsaturated/α-hetero) is 1. The van der Waals surface area contributed by atoms with Crippen LogP contribution in [-0.4, -0.2) is 30.8 Å². The van der Waals surface area contributed by atoms with Gasteiger partial charge < -0.3 is 4.90 Å². The predicted octanol–water partition coefficient (Wildman–Crippen LogP) is 3.50. The molecule has 0 N–H and O–H groups in total. The fourth-order valence-corrected chi connectivity index (χ4v) is 2.63. The molecule has 0 aliphatic carbocycles. The van der Waals surface area contributed by atoms with E-state index in [4.69, 9.17) is 0 Å². The first kappa shape index (κ1) is 14.0. The van der Waals surface area contributed by atoms with E-state index in [0.29, 0.717) is 6.42 Å².